The Morgan fingerprint density at radius 1 is 0.737 bits per heavy atom. The minimum Gasteiger partial charge on any atom is -0.496 e. The van der Waals surface area contributed by atoms with Crippen LogP contribution in [0.2, 0.25) is 0 Å². The van der Waals surface area contributed by atoms with Gasteiger partial charge < -0.3 is 9.47 Å². The SMILES string of the molecule is COc1cc2c(cc1C)sc1cc(C)c(OC)cc12. The van der Waals surface area contributed by atoms with Crippen LogP contribution in [-0.4, -0.2) is 14.2 Å². The highest BCUT2D eigenvalue weighted by atomic mass is 32.1. The molecule has 3 aromatic rings. The zero-order chi connectivity index (χ0) is 13.6. The second-order valence-electron chi connectivity index (χ2n) is 4.74. The summed E-state index contributed by atoms with van der Waals surface area (Å²) < 4.78 is 13.4. The van der Waals surface area contributed by atoms with Gasteiger partial charge in [0.15, 0.2) is 0 Å². The summed E-state index contributed by atoms with van der Waals surface area (Å²) in [7, 11) is 3.43. The number of benzene rings is 2. The van der Waals surface area contributed by atoms with Crippen molar-refractivity contribution in [1.82, 2.24) is 0 Å². The summed E-state index contributed by atoms with van der Waals surface area (Å²) in [6.45, 7) is 4.16. The van der Waals surface area contributed by atoms with E-state index in [0.717, 1.165) is 11.5 Å². The van der Waals surface area contributed by atoms with Gasteiger partial charge in [-0.05, 0) is 49.2 Å². The van der Waals surface area contributed by atoms with Crippen molar-refractivity contribution in [2.24, 2.45) is 0 Å². The number of aryl methyl sites for hydroxylation is 2. The van der Waals surface area contributed by atoms with Gasteiger partial charge in [0.1, 0.15) is 11.5 Å². The van der Waals surface area contributed by atoms with Gasteiger partial charge in [-0.1, -0.05) is 0 Å². The van der Waals surface area contributed by atoms with Crippen molar-refractivity contribution in [3.05, 3.63) is 35.4 Å². The molecule has 1 aromatic heterocycles. The molecule has 0 aliphatic carbocycles. The molecule has 0 bridgehead atoms. The molecule has 0 N–H and O–H groups in total. The van der Waals surface area contributed by atoms with Gasteiger partial charge in [-0.3, -0.25) is 0 Å². The molecule has 0 aliphatic heterocycles. The van der Waals surface area contributed by atoms with E-state index in [1.54, 1.807) is 14.2 Å². The number of methoxy groups -OCH3 is 2. The molecular weight excluding hydrogens is 256 g/mol. The highest BCUT2D eigenvalue weighted by Gasteiger charge is 2.11. The highest BCUT2D eigenvalue weighted by Crippen LogP contribution is 2.40. The van der Waals surface area contributed by atoms with Gasteiger partial charge in [-0.2, -0.15) is 0 Å². The molecule has 0 unspecified atom stereocenters. The lowest BCUT2D eigenvalue weighted by atomic mass is 10.1. The molecule has 0 saturated carbocycles. The maximum atomic E-state index is 5.43. The number of fused-ring (bicyclic) bond motifs is 3. The molecule has 98 valence electrons. The molecule has 2 aromatic carbocycles. The number of hydrogen-bond donors (Lipinski definition) is 0. The number of thiophene rings is 1. The van der Waals surface area contributed by atoms with Crippen LogP contribution in [0.5, 0.6) is 11.5 Å². The van der Waals surface area contributed by atoms with Crippen molar-refractivity contribution in [2.75, 3.05) is 14.2 Å². The summed E-state index contributed by atoms with van der Waals surface area (Å²) in [5.41, 5.74) is 2.34. The predicted octanol–water partition coefficient (Wildman–Crippen LogP) is 4.69. The Morgan fingerprint density at radius 3 is 1.53 bits per heavy atom. The fourth-order valence-electron chi connectivity index (χ4n) is 2.47. The lowest BCUT2D eigenvalue weighted by Gasteiger charge is -2.05. The molecule has 3 heteroatoms. The summed E-state index contributed by atoms with van der Waals surface area (Å²) in [4.78, 5) is 0. The van der Waals surface area contributed by atoms with E-state index in [2.05, 4.69) is 38.1 Å². The Balaban J connectivity index is 2.41. The average molecular weight is 272 g/mol. The Bertz CT molecular complexity index is 707. The smallest absolute Gasteiger partial charge is 0.122 e. The lowest BCUT2D eigenvalue weighted by molar-refractivity contribution is 0.412. The zero-order valence-corrected chi connectivity index (χ0v) is 12.4. The van der Waals surface area contributed by atoms with Crippen LogP contribution in [0.4, 0.5) is 0 Å². The van der Waals surface area contributed by atoms with Crippen molar-refractivity contribution in [3.63, 3.8) is 0 Å². The maximum Gasteiger partial charge on any atom is 0.122 e. The van der Waals surface area contributed by atoms with E-state index >= 15 is 0 Å². The normalized spacial score (nSPS) is 11.2. The molecule has 0 atom stereocenters. The van der Waals surface area contributed by atoms with Crippen molar-refractivity contribution < 1.29 is 9.47 Å². The van der Waals surface area contributed by atoms with Gasteiger partial charge in [0.2, 0.25) is 0 Å². The fraction of sp³-hybridized carbons (Fsp3) is 0.250. The molecular formula is C16H16O2S. The van der Waals surface area contributed by atoms with E-state index in [4.69, 9.17) is 9.47 Å². The summed E-state index contributed by atoms with van der Waals surface area (Å²) in [5.74, 6) is 1.87. The van der Waals surface area contributed by atoms with Crippen LogP contribution in [0.3, 0.4) is 0 Å². The molecule has 19 heavy (non-hydrogen) atoms. The Morgan fingerprint density at radius 2 is 1.16 bits per heavy atom. The monoisotopic (exact) mass is 272 g/mol. The van der Waals surface area contributed by atoms with Gasteiger partial charge >= 0.3 is 0 Å². The van der Waals surface area contributed by atoms with Crippen LogP contribution >= 0.6 is 11.3 Å². The minimum atomic E-state index is 0.937. The lowest BCUT2D eigenvalue weighted by Crippen LogP contribution is -1.87. The van der Waals surface area contributed by atoms with Crippen LogP contribution in [-0.2, 0) is 0 Å². The molecule has 0 aliphatic rings. The number of hydrogen-bond acceptors (Lipinski definition) is 3. The van der Waals surface area contributed by atoms with Gasteiger partial charge in [0.25, 0.3) is 0 Å². The molecule has 2 nitrogen and oxygen atoms in total. The third-order valence-corrected chi connectivity index (χ3v) is 4.62. The zero-order valence-electron chi connectivity index (χ0n) is 11.5. The van der Waals surface area contributed by atoms with Crippen LogP contribution in [0.1, 0.15) is 11.1 Å². The number of ether oxygens (including phenoxy) is 2. The topological polar surface area (TPSA) is 18.5 Å². The maximum absolute atomic E-state index is 5.43. The summed E-state index contributed by atoms with van der Waals surface area (Å²) >= 11 is 1.82. The average Bonchev–Trinajstić information content (AvgIpc) is 2.72. The summed E-state index contributed by atoms with van der Waals surface area (Å²) in [6.07, 6.45) is 0. The first kappa shape index (κ1) is 12.3. The molecule has 3 rings (SSSR count). The van der Waals surface area contributed by atoms with Crippen molar-refractivity contribution in [3.8, 4) is 11.5 Å². The van der Waals surface area contributed by atoms with Crippen molar-refractivity contribution in [2.45, 2.75) is 13.8 Å². The minimum absolute atomic E-state index is 0.937. The quantitative estimate of drug-likeness (QED) is 0.674. The van der Waals surface area contributed by atoms with Gasteiger partial charge in [0, 0.05) is 20.2 Å². The Hall–Kier alpha value is -1.74. The third kappa shape index (κ3) is 1.85. The molecule has 0 amide bonds. The fourth-order valence-corrected chi connectivity index (χ4v) is 3.74. The van der Waals surface area contributed by atoms with Crippen LogP contribution in [0.25, 0.3) is 20.2 Å². The van der Waals surface area contributed by atoms with Gasteiger partial charge in [0.05, 0.1) is 14.2 Å². The van der Waals surface area contributed by atoms with Crippen molar-refractivity contribution >= 4 is 31.5 Å². The van der Waals surface area contributed by atoms with E-state index < -0.39 is 0 Å². The van der Waals surface area contributed by atoms with Crippen LogP contribution in [0.15, 0.2) is 24.3 Å². The first-order chi connectivity index (χ1) is 9.13. The third-order valence-electron chi connectivity index (χ3n) is 3.50. The molecule has 0 spiro atoms. The van der Waals surface area contributed by atoms with E-state index in [-0.39, 0.29) is 0 Å². The molecule has 1 heterocycles. The van der Waals surface area contributed by atoms with E-state index in [9.17, 15) is 0 Å². The van der Waals surface area contributed by atoms with Crippen LogP contribution < -0.4 is 9.47 Å². The van der Waals surface area contributed by atoms with E-state index in [0.29, 0.717) is 0 Å². The molecule has 0 fully saturated rings. The standard InChI is InChI=1S/C16H16O2S/c1-9-5-15-11(7-13(9)17-3)12-8-14(18-4)10(2)6-16(12)19-15/h5-8H,1-4H3. The second kappa shape index (κ2) is 4.42. The van der Waals surface area contributed by atoms with Crippen LogP contribution in [0, 0.1) is 13.8 Å². The number of rotatable bonds is 2. The second-order valence-corrected chi connectivity index (χ2v) is 5.82. The highest BCUT2D eigenvalue weighted by molar-refractivity contribution is 7.25. The first-order valence-electron chi connectivity index (χ1n) is 6.19. The Labute approximate surface area is 116 Å². The molecule has 0 saturated heterocycles. The van der Waals surface area contributed by atoms with Gasteiger partial charge in [-0.15, -0.1) is 11.3 Å². The Kier molecular flexibility index (Phi) is 2.86. The largest absolute Gasteiger partial charge is 0.496 e. The van der Waals surface area contributed by atoms with Gasteiger partial charge in [-0.25, -0.2) is 0 Å². The van der Waals surface area contributed by atoms with E-state index in [1.165, 1.54) is 31.3 Å². The van der Waals surface area contributed by atoms with Crippen molar-refractivity contribution in [1.29, 1.82) is 0 Å². The van der Waals surface area contributed by atoms with E-state index in [1.807, 2.05) is 11.3 Å². The summed E-state index contributed by atoms with van der Waals surface area (Å²) in [5, 5.41) is 2.47. The predicted molar refractivity (Wildman–Crippen MR) is 81.9 cm³/mol. The molecule has 0 radical (unpaired) electrons. The first-order valence-corrected chi connectivity index (χ1v) is 7.01. The summed E-state index contributed by atoms with van der Waals surface area (Å²) in [6, 6.07) is 8.64.